The topological polar surface area (TPSA) is 109 Å². The van der Waals surface area contributed by atoms with Gasteiger partial charge in [0.2, 0.25) is 10.0 Å². The monoisotopic (exact) mass is 252 g/mol. The Labute approximate surface area is 96.3 Å². The van der Waals surface area contributed by atoms with Gasteiger partial charge in [-0.1, -0.05) is 13.8 Å². The van der Waals surface area contributed by atoms with Crippen molar-refractivity contribution in [3.63, 3.8) is 0 Å². The van der Waals surface area contributed by atoms with Crippen LogP contribution in [0.15, 0.2) is 0 Å². The zero-order valence-corrected chi connectivity index (χ0v) is 10.5. The van der Waals surface area contributed by atoms with Crippen LogP contribution in [-0.4, -0.2) is 37.3 Å². The molecule has 0 aromatic rings. The van der Waals surface area contributed by atoms with E-state index in [1.54, 1.807) is 0 Å². The Morgan fingerprint density at radius 3 is 2.19 bits per heavy atom. The van der Waals surface area contributed by atoms with Crippen molar-refractivity contribution < 1.29 is 18.3 Å². The minimum atomic E-state index is -3.58. The molecule has 0 aromatic carbocycles. The Morgan fingerprint density at radius 1 is 1.38 bits per heavy atom. The van der Waals surface area contributed by atoms with Crippen molar-refractivity contribution in [3.8, 4) is 0 Å². The average molecular weight is 252 g/mol. The van der Waals surface area contributed by atoms with Crippen molar-refractivity contribution in [2.45, 2.75) is 38.6 Å². The maximum absolute atomic E-state index is 11.6. The number of nitrogens with two attached hydrogens (primary N) is 1. The lowest BCUT2D eigenvalue weighted by atomic mass is 9.95. The molecule has 0 unspecified atom stereocenters. The van der Waals surface area contributed by atoms with Crippen LogP contribution in [0.25, 0.3) is 0 Å². The van der Waals surface area contributed by atoms with Gasteiger partial charge in [-0.15, -0.1) is 0 Å². The summed E-state index contributed by atoms with van der Waals surface area (Å²) in [6.45, 7) is 3.89. The molecule has 0 spiro atoms. The van der Waals surface area contributed by atoms with Gasteiger partial charge in [-0.2, -0.15) is 0 Å². The van der Waals surface area contributed by atoms with Crippen LogP contribution in [0, 0.1) is 0 Å². The third-order valence-corrected chi connectivity index (χ3v) is 4.19. The van der Waals surface area contributed by atoms with Gasteiger partial charge in [0.15, 0.2) is 0 Å². The number of nitrogens with one attached hydrogen (secondary N) is 1. The third kappa shape index (κ3) is 4.91. The summed E-state index contributed by atoms with van der Waals surface area (Å²) >= 11 is 0. The molecule has 0 heterocycles. The van der Waals surface area contributed by atoms with Crippen molar-refractivity contribution in [2.75, 3.05) is 12.3 Å². The molecule has 0 aromatic heterocycles. The van der Waals surface area contributed by atoms with Crippen LogP contribution < -0.4 is 10.5 Å². The van der Waals surface area contributed by atoms with Gasteiger partial charge in [-0.25, -0.2) is 13.1 Å². The fourth-order valence-corrected chi connectivity index (χ4v) is 2.90. The van der Waals surface area contributed by atoms with E-state index < -0.39 is 33.7 Å². The van der Waals surface area contributed by atoms with Crippen molar-refractivity contribution >= 4 is 16.0 Å². The lowest BCUT2D eigenvalue weighted by Crippen LogP contribution is -2.53. The van der Waals surface area contributed by atoms with Crippen molar-refractivity contribution in [2.24, 2.45) is 5.73 Å². The van der Waals surface area contributed by atoms with Gasteiger partial charge >= 0.3 is 5.97 Å². The van der Waals surface area contributed by atoms with E-state index in [9.17, 15) is 13.2 Å². The first-order valence-corrected chi connectivity index (χ1v) is 6.89. The highest BCUT2D eigenvalue weighted by Crippen LogP contribution is 2.15. The molecule has 0 fully saturated rings. The molecule has 7 heteroatoms. The fraction of sp³-hybridized carbons (Fsp3) is 0.889. The molecule has 0 saturated heterocycles. The van der Waals surface area contributed by atoms with Crippen molar-refractivity contribution in [3.05, 3.63) is 0 Å². The third-order valence-electron chi connectivity index (χ3n) is 2.70. The summed E-state index contributed by atoms with van der Waals surface area (Å²) < 4.78 is 25.7. The molecule has 0 bridgehead atoms. The van der Waals surface area contributed by atoms with Crippen LogP contribution in [0.5, 0.6) is 0 Å². The maximum atomic E-state index is 11.6. The summed E-state index contributed by atoms with van der Waals surface area (Å²) in [5.41, 5.74) is 4.89. The number of rotatable bonds is 8. The second kappa shape index (κ2) is 6.17. The summed E-state index contributed by atoms with van der Waals surface area (Å²) in [4.78, 5) is 10.3. The summed E-state index contributed by atoms with van der Waals surface area (Å²) in [5, 5.41) is 8.43. The Kier molecular flexibility index (Phi) is 5.91. The number of carbonyl (C=O) groups is 1. The largest absolute Gasteiger partial charge is 0.481 e. The summed E-state index contributed by atoms with van der Waals surface area (Å²) in [5.74, 6) is -1.54. The van der Waals surface area contributed by atoms with Crippen LogP contribution in [0.2, 0.25) is 0 Å². The van der Waals surface area contributed by atoms with E-state index in [0.717, 1.165) is 0 Å². The lowest BCUT2D eigenvalue weighted by Gasteiger charge is -2.30. The standard InChI is InChI=1S/C9H20N2O4S/c1-3-9(4-2,7-10)11-16(14,15)6-5-8(12)13/h11H,3-7,10H2,1-2H3,(H,12,13). The Hall–Kier alpha value is -0.660. The first kappa shape index (κ1) is 15.3. The molecule has 0 amide bonds. The highest BCUT2D eigenvalue weighted by molar-refractivity contribution is 7.89. The van der Waals surface area contributed by atoms with E-state index in [1.165, 1.54) is 0 Å². The zero-order valence-electron chi connectivity index (χ0n) is 9.69. The molecule has 0 aliphatic carbocycles. The quantitative estimate of drug-likeness (QED) is 0.558. The predicted molar refractivity (Wildman–Crippen MR) is 61.5 cm³/mol. The average Bonchev–Trinajstić information content (AvgIpc) is 2.24. The van der Waals surface area contributed by atoms with E-state index in [0.29, 0.717) is 12.8 Å². The molecule has 0 saturated carbocycles. The van der Waals surface area contributed by atoms with E-state index in [2.05, 4.69) is 4.72 Å². The molecule has 0 radical (unpaired) electrons. The maximum Gasteiger partial charge on any atom is 0.304 e. The zero-order chi connectivity index (χ0) is 12.8. The SMILES string of the molecule is CCC(CC)(CN)NS(=O)(=O)CCC(=O)O. The molecule has 0 atom stereocenters. The van der Waals surface area contributed by atoms with Gasteiger partial charge in [0.25, 0.3) is 0 Å². The van der Waals surface area contributed by atoms with Crippen LogP contribution in [0.1, 0.15) is 33.1 Å². The van der Waals surface area contributed by atoms with Gasteiger partial charge < -0.3 is 10.8 Å². The Morgan fingerprint density at radius 2 is 1.88 bits per heavy atom. The van der Waals surface area contributed by atoms with E-state index >= 15 is 0 Å². The number of sulfonamides is 1. The Bertz CT molecular complexity index is 314. The normalized spacial score (nSPS) is 12.7. The smallest absolute Gasteiger partial charge is 0.304 e. The second-order valence-corrected chi connectivity index (χ2v) is 5.60. The minimum absolute atomic E-state index is 0.201. The highest BCUT2D eigenvalue weighted by Gasteiger charge is 2.29. The summed E-state index contributed by atoms with van der Waals surface area (Å²) in [6.07, 6.45) is 0.752. The molecule has 0 aliphatic rings. The van der Waals surface area contributed by atoms with Crippen molar-refractivity contribution in [1.29, 1.82) is 0 Å². The van der Waals surface area contributed by atoms with Gasteiger partial charge in [0.05, 0.1) is 12.2 Å². The van der Waals surface area contributed by atoms with Gasteiger partial charge in [0, 0.05) is 12.1 Å². The lowest BCUT2D eigenvalue weighted by molar-refractivity contribution is -0.136. The van der Waals surface area contributed by atoms with Crippen LogP contribution >= 0.6 is 0 Å². The van der Waals surface area contributed by atoms with E-state index in [1.807, 2.05) is 13.8 Å². The van der Waals surface area contributed by atoms with Crippen LogP contribution in [0.4, 0.5) is 0 Å². The number of hydrogen-bond acceptors (Lipinski definition) is 4. The van der Waals surface area contributed by atoms with E-state index in [4.69, 9.17) is 10.8 Å². The van der Waals surface area contributed by atoms with Crippen molar-refractivity contribution in [1.82, 2.24) is 4.72 Å². The number of hydrogen-bond donors (Lipinski definition) is 3. The number of aliphatic carboxylic acids is 1. The second-order valence-electron chi connectivity index (χ2n) is 3.76. The van der Waals surface area contributed by atoms with Crippen LogP contribution in [-0.2, 0) is 14.8 Å². The first-order chi connectivity index (χ1) is 7.31. The molecular weight excluding hydrogens is 232 g/mol. The van der Waals surface area contributed by atoms with Crippen LogP contribution in [0.3, 0.4) is 0 Å². The molecule has 16 heavy (non-hydrogen) atoms. The summed E-state index contributed by atoms with van der Waals surface area (Å²) in [6, 6.07) is 0. The molecule has 96 valence electrons. The molecule has 0 rings (SSSR count). The van der Waals surface area contributed by atoms with E-state index in [-0.39, 0.29) is 6.54 Å². The minimum Gasteiger partial charge on any atom is -0.481 e. The highest BCUT2D eigenvalue weighted by atomic mass is 32.2. The number of carboxylic acid groups (broad SMARTS) is 1. The number of carboxylic acids is 1. The molecule has 4 N–H and O–H groups in total. The predicted octanol–water partition coefficient (Wildman–Crippen LogP) is -0.102. The Balaban J connectivity index is 4.60. The summed E-state index contributed by atoms with van der Waals surface area (Å²) in [7, 11) is -3.58. The first-order valence-electron chi connectivity index (χ1n) is 5.24. The molecule has 0 aliphatic heterocycles. The van der Waals surface area contributed by atoms with Gasteiger partial charge in [0.1, 0.15) is 0 Å². The van der Waals surface area contributed by atoms with Gasteiger partial charge in [-0.3, -0.25) is 4.79 Å². The fourth-order valence-electron chi connectivity index (χ4n) is 1.33. The molecular formula is C9H20N2O4S. The molecule has 6 nitrogen and oxygen atoms in total. The van der Waals surface area contributed by atoms with Gasteiger partial charge in [-0.05, 0) is 12.8 Å².